The number of anilines is 1. The van der Waals surface area contributed by atoms with Crippen molar-refractivity contribution >= 4 is 34.9 Å². The topological polar surface area (TPSA) is 195 Å². The van der Waals surface area contributed by atoms with E-state index in [1.165, 1.54) is 0 Å². The molecule has 11 heteroatoms. The fraction of sp³-hybridized carbons (Fsp3) is 0.185. The molecule has 11 nitrogen and oxygen atoms in total. The van der Waals surface area contributed by atoms with Crippen LogP contribution in [-0.4, -0.2) is 51.5 Å². The van der Waals surface area contributed by atoms with Gasteiger partial charge in [0, 0.05) is 30.4 Å². The molecule has 0 unspecified atom stereocenters. The van der Waals surface area contributed by atoms with Crippen molar-refractivity contribution in [3.8, 4) is 22.9 Å². The van der Waals surface area contributed by atoms with Gasteiger partial charge in [-0.15, -0.1) is 0 Å². The molecule has 1 amide bonds. The Hall–Kier alpha value is -5.06. The van der Waals surface area contributed by atoms with Gasteiger partial charge in [0.05, 0.1) is 11.0 Å². The van der Waals surface area contributed by atoms with E-state index in [9.17, 15) is 14.7 Å². The van der Waals surface area contributed by atoms with E-state index in [0.717, 1.165) is 24.9 Å². The SMILES string of the molecule is CCCN=C(N)N.CNc1ccc(O)cc1.NC(=O)Cn1c(-c2cccc(O)c2)nc2cc(C=O)ccc21. The Morgan fingerprint density at radius 2 is 1.74 bits per heavy atom. The summed E-state index contributed by atoms with van der Waals surface area (Å²) >= 11 is 0. The highest BCUT2D eigenvalue weighted by molar-refractivity contribution is 5.88. The van der Waals surface area contributed by atoms with Crippen molar-refractivity contribution < 1.29 is 19.8 Å². The molecule has 1 aromatic heterocycles. The van der Waals surface area contributed by atoms with E-state index in [1.807, 2.05) is 26.1 Å². The summed E-state index contributed by atoms with van der Waals surface area (Å²) in [5, 5.41) is 21.4. The summed E-state index contributed by atoms with van der Waals surface area (Å²) < 4.78 is 1.67. The minimum atomic E-state index is -0.500. The van der Waals surface area contributed by atoms with Gasteiger partial charge in [-0.2, -0.15) is 0 Å². The Labute approximate surface area is 220 Å². The molecule has 0 saturated heterocycles. The van der Waals surface area contributed by atoms with Crippen molar-refractivity contribution in [3.63, 3.8) is 0 Å². The molecule has 200 valence electrons. The van der Waals surface area contributed by atoms with Crippen LogP contribution in [-0.2, 0) is 11.3 Å². The average Bonchev–Trinajstić information content (AvgIpc) is 3.25. The van der Waals surface area contributed by atoms with Crippen molar-refractivity contribution in [3.05, 3.63) is 72.3 Å². The molecule has 0 aliphatic carbocycles. The summed E-state index contributed by atoms with van der Waals surface area (Å²) in [5.74, 6) is 0.590. The summed E-state index contributed by atoms with van der Waals surface area (Å²) in [6, 6.07) is 18.5. The van der Waals surface area contributed by atoms with Crippen molar-refractivity contribution in [2.45, 2.75) is 19.9 Å². The van der Waals surface area contributed by atoms with Gasteiger partial charge in [-0.1, -0.05) is 19.1 Å². The van der Waals surface area contributed by atoms with Crippen molar-refractivity contribution in [2.75, 3.05) is 18.9 Å². The summed E-state index contributed by atoms with van der Waals surface area (Å²) in [4.78, 5) is 30.4. The predicted octanol–water partition coefficient (Wildman–Crippen LogP) is 2.81. The van der Waals surface area contributed by atoms with Gasteiger partial charge >= 0.3 is 0 Å². The van der Waals surface area contributed by atoms with E-state index in [1.54, 1.807) is 59.2 Å². The summed E-state index contributed by atoms with van der Waals surface area (Å²) in [6.07, 6.45) is 1.73. The number of fused-ring (bicyclic) bond motifs is 1. The first kappa shape index (κ1) is 29.2. The molecule has 0 atom stereocenters. The lowest BCUT2D eigenvalue weighted by atomic mass is 10.2. The third kappa shape index (κ3) is 8.86. The second kappa shape index (κ2) is 14.5. The molecule has 3 aromatic carbocycles. The first-order valence-electron chi connectivity index (χ1n) is 11.7. The van der Waals surface area contributed by atoms with Crippen LogP contribution in [0.25, 0.3) is 22.4 Å². The van der Waals surface area contributed by atoms with Gasteiger partial charge < -0.3 is 37.3 Å². The maximum atomic E-state index is 11.4. The largest absolute Gasteiger partial charge is 0.508 e. The molecule has 0 saturated carbocycles. The Balaban J connectivity index is 0.000000261. The number of aromatic hydroxyl groups is 2. The smallest absolute Gasteiger partial charge is 0.237 e. The van der Waals surface area contributed by atoms with Crippen molar-refractivity contribution in [2.24, 2.45) is 22.2 Å². The van der Waals surface area contributed by atoms with E-state index in [2.05, 4.69) is 15.3 Å². The zero-order valence-electron chi connectivity index (χ0n) is 21.3. The van der Waals surface area contributed by atoms with Gasteiger partial charge in [0.2, 0.25) is 5.91 Å². The number of hydrogen-bond donors (Lipinski definition) is 6. The van der Waals surface area contributed by atoms with Crippen LogP contribution in [0.1, 0.15) is 23.7 Å². The quantitative estimate of drug-likeness (QED) is 0.0927. The first-order valence-corrected chi connectivity index (χ1v) is 11.7. The van der Waals surface area contributed by atoms with E-state index < -0.39 is 5.91 Å². The maximum absolute atomic E-state index is 11.4. The normalized spacial score (nSPS) is 9.84. The molecule has 0 spiro atoms. The van der Waals surface area contributed by atoms with Crippen LogP contribution < -0.4 is 22.5 Å². The van der Waals surface area contributed by atoms with E-state index in [4.69, 9.17) is 22.3 Å². The van der Waals surface area contributed by atoms with Gasteiger partial charge in [-0.3, -0.25) is 14.6 Å². The summed E-state index contributed by atoms with van der Waals surface area (Å²) in [6.45, 7) is 2.72. The number of phenolic OH excluding ortho intramolecular Hbond substituents is 2. The average molecular weight is 520 g/mol. The number of phenols is 2. The maximum Gasteiger partial charge on any atom is 0.237 e. The van der Waals surface area contributed by atoms with Crippen LogP contribution in [0.15, 0.2) is 71.7 Å². The Bertz CT molecular complexity index is 1380. The number of aliphatic imine (C=N–C) groups is 1. The van der Waals surface area contributed by atoms with Gasteiger partial charge in [-0.25, -0.2) is 4.98 Å². The highest BCUT2D eigenvalue weighted by Crippen LogP contribution is 2.27. The number of guanidine groups is 1. The molecule has 0 radical (unpaired) electrons. The molecule has 4 rings (SSSR count). The highest BCUT2D eigenvalue weighted by atomic mass is 16.3. The van der Waals surface area contributed by atoms with Crippen LogP contribution in [0.4, 0.5) is 5.69 Å². The summed E-state index contributed by atoms with van der Waals surface area (Å²) in [7, 11) is 1.84. The van der Waals surface area contributed by atoms with Crippen LogP contribution in [0, 0.1) is 0 Å². The number of aromatic nitrogens is 2. The van der Waals surface area contributed by atoms with Crippen LogP contribution in [0.2, 0.25) is 0 Å². The van der Waals surface area contributed by atoms with Gasteiger partial charge in [0.25, 0.3) is 0 Å². The molecule has 0 aliphatic heterocycles. The first-order chi connectivity index (χ1) is 18.2. The Morgan fingerprint density at radius 1 is 1.03 bits per heavy atom. The number of aldehydes is 1. The summed E-state index contributed by atoms with van der Waals surface area (Å²) in [5.41, 5.74) is 18.8. The number of primary amides is 1. The molecule has 38 heavy (non-hydrogen) atoms. The number of nitrogens with zero attached hydrogens (tertiary/aromatic N) is 3. The molecule has 0 aliphatic rings. The number of imidazole rings is 1. The third-order valence-electron chi connectivity index (χ3n) is 5.00. The van der Waals surface area contributed by atoms with E-state index >= 15 is 0 Å². The zero-order chi connectivity index (χ0) is 28.1. The number of carbonyl (C=O) groups excluding carboxylic acids is 2. The molecule has 9 N–H and O–H groups in total. The minimum absolute atomic E-state index is 0.0398. The fourth-order valence-corrected chi connectivity index (χ4v) is 3.27. The van der Waals surface area contributed by atoms with E-state index in [0.29, 0.717) is 33.7 Å². The van der Waals surface area contributed by atoms with Crippen LogP contribution in [0.3, 0.4) is 0 Å². The zero-order valence-corrected chi connectivity index (χ0v) is 21.3. The van der Waals surface area contributed by atoms with Gasteiger partial charge in [0.1, 0.15) is 30.2 Å². The van der Waals surface area contributed by atoms with Gasteiger partial charge in [0.15, 0.2) is 5.96 Å². The lowest BCUT2D eigenvalue weighted by Gasteiger charge is -2.07. The second-order valence-electron chi connectivity index (χ2n) is 8.01. The molecular weight excluding hydrogens is 486 g/mol. The number of carbonyl (C=O) groups is 2. The Kier molecular flexibility index (Phi) is 11.1. The monoisotopic (exact) mass is 519 g/mol. The second-order valence-corrected chi connectivity index (χ2v) is 8.01. The van der Waals surface area contributed by atoms with Gasteiger partial charge in [-0.05, 0) is 61.0 Å². The number of benzene rings is 3. The standard InChI is InChI=1S/C16H13N3O3.C7H9NO.C4H11N3/c17-15(22)8-19-14-5-4-10(9-20)6-13(14)18-16(19)11-2-1-3-12(21)7-11;1-8-6-2-4-7(9)5-3-6;1-2-3-7-4(5)6/h1-7,9,21H,8H2,(H2,17,22);2-5,8-9H,1H3;2-3H2,1H3,(H4,5,6,7). The highest BCUT2D eigenvalue weighted by Gasteiger charge is 2.15. The lowest BCUT2D eigenvalue weighted by molar-refractivity contribution is -0.118. The molecule has 1 heterocycles. The number of hydrogen-bond acceptors (Lipinski definition) is 7. The number of nitrogens with two attached hydrogens (primary N) is 3. The fourth-order valence-electron chi connectivity index (χ4n) is 3.27. The molecule has 4 aromatic rings. The molecular formula is C27H33N7O4. The third-order valence-corrected chi connectivity index (χ3v) is 5.00. The molecule has 0 fully saturated rings. The lowest BCUT2D eigenvalue weighted by Crippen LogP contribution is -2.22. The van der Waals surface area contributed by atoms with Crippen molar-refractivity contribution in [1.29, 1.82) is 0 Å². The number of rotatable bonds is 7. The number of nitrogens with one attached hydrogen (secondary N) is 1. The molecule has 0 bridgehead atoms. The minimum Gasteiger partial charge on any atom is -0.508 e. The predicted molar refractivity (Wildman–Crippen MR) is 150 cm³/mol. The van der Waals surface area contributed by atoms with E-state index in [-0.39, 0.29) is 18.3 Å². The van der Waals surface area contributed by atoms with Crippen LogP contribution >= 0.6 is 0 Å². The number of amides is 1. The van der Waals surface area contributed by atoms with Crippen molar-refractivity contribution in [1.82, 2.24) is 9.55 Å². The van der Waals surface area contributed by atoms with Crippen LogP contribution in [0.5, 0.6) is 11.5 Å². The Morgan fingerprint density at radius 3 is 2.26 bits per heavy atom.